The smallest absolute Gasteiger partial charge is 0.238 e. The van der Waals surface area contributed by atoms with Crippen molar-refractivity contribution in [2.45, 2.75) is 26.5 Å². The number of methoxy groups -OCH3 is 1. The lowest BCUT2D eigenvalue weighted by Crippen LogP contribution is -2.59. The standard InChI is InChI=1S/C10H18N2O3S/c1-9(2,3)10(15-4)8(16(11,13)14)6-5-7-12-10/h5-7,12H,1-4H3,(H2,11,13,14). The van der Waals surface area contributed by atoms with E-state index >= 15 is 0 Å². The minimum absolute atomic E-state index is 0.0394. The van der Waals surface area contributed by atoms with Gasteiger partial charge in [-0.1, -0.05) is 20.8 Å². The number of nitrogens with one attached hydrogen (secondary N) is 1. The van der Waals surface area contributed by atoms with E-state index in [2.05, 4.69) is 5.32 Å². The molecule has 3 N–H and O–H groups in total. The van der Waals surface area contributed by atoms with E-state index in [-0.39, 0.29) is 4.91 Å². The van der Waals surface area contributed by atoms with Crippen LogP contribution < -0.4 is 10.5 Å². The van der Waals surface area contributed by atoms with Crippen molar-refractivity contribution in [3.05, 3.63) is 23.3 Å². The Hall–Kier alpha value is -0.850. The minimum Gasteiger partial charge on any atom is -0.359 e. The van der Waals surface area contributed by atoms with Gasteiger partial charge in [0, 0.05) is 12.5 Å². The van der Waals surface area contributed by atoms with Crippen LogP contribution in [0.2, 0.25) is 0 Å². The van der Waals surface area contributed by atoms with Crippen LogP contribution in [0.3, 0.4) is 0 Å². The van der Waals surface area contributed by atoms with Gasteiger partial charge in [-0.2, -0.15) is 0 Å². The largest absolute Gasteiger partial charge is 0.359 e. The third kappa shape index (κ3) is 2.00. The molecule has 0 saturated carbocycles. The number of hydrogen-bond donors (Lipinski definition) is 2. The maximum Gasteiger partial charge on any atom is 0.238 e. The van der Waals surface area contributed by atoms with E-state index in [4.69, 9.17) is 9.88 Å². The van der Waals surface area contributed by atoms with Gasteiger partial charge in [-0.15, -0.1) is 0 Å². The molecule has 0 saturated heterocycles. The quantitative estimate of drug-likeness (QED) is 0.750. The first kappa shape index (κ1) is 13.2. The van der Waals surface area contributed by atoms with Crippen molar-refractivity contribution >= 4 is 10.0 Å². The molecule has 1 rings (SSSR count). The fraction of sp³-hybridized carbons (Fsp3) is 0.600. The van der Waals surface area contributed by atoms with Crippen molar-refractivity contribution in [2.75, 3.05) is 7.11 Å². The topological polar surface area (TPSA) is 81.4 Å². The van der Waals surface area contributed by atoms with Crippen molar-refractivity contribution in [2.24, 2.45) is 10.6 Å². The van der Waals surface area contributed by atoms with E-state index in [1.165, 1.54) is 13.2 Å². The molecule has 0 radical (unpaired) electrons. The molecule has 1 aliphatic rings. The summed E-state index contributed by atoms with van der Waals surface area (Å²) < 4.78 is 28.5. The summed E-state index contributed by atoms with van der Waals surface area (Å²) in [6.45, 7) is 5.63. The summed E-state index contributed by atoms with van der Waals surface area (Å²) >= 11 is 0. The molecule has 1 aliphatic heterocycles. The summed E-state index contributed by atoms with van der Waals surface area (Å²) in [6.07, 6.45) is 4.69. The molecule has 1 atom stereocenters. The number of primary sulfonamides is 1. The highest BCUT2D eigenvalue weighted by Crippen LogP contribution is 2.40. The Labute approximate surface area is 96.4 Å². The lowest BCUT2D eigenvalue weighted by Gasteiger charge is -2.45. The summed E-state index contributed by atoms with van der Waals surface area (Å²) in [5, 5.41) is 8.16. The lowest BCUT2D eigenvalue weighted by atomic mass is 9.81. The monoisotopic (exact) mass is 246 g/mol. The van der Waals surface area contributed by atoms with E-state index < -0.39 is 21.2 Å². The van der Waals surface area contributed by atoms with Crippen LogP contribution in [0.5, 0.6) is 0 Å². The molecule has 0 fully saturated rings. The van der Waals surface area contributed by atoms with E-state index in [0.717, 1.165) is 0 Å². The van der Waals surface area contributed by atoms with Crippen LogP contribution in [0.15, 0.2) is 23.3 Å². The fourth-order valence-corrected chi connectivity index (χ4v) is 2.95. The van der Waals surface area contributed by atoms with Crippen molar-refractivity contribution < 1.29 is 13.2 Å². The van der Waals surface area contributed by atoms with Crippen molar-refractivity contribution in [3.63, 3.8) is 0 Å². The molecule has 6 heteroatoms. The van der Waals surface area contributed by atoms with E-state index in [9.17, 15) is 8.42 Å². The average Bonchev–Trinajstić information content (AvgIpc) is 2.14. The van der Waals surface area contributed by atoms with Gasteiger partial charge in [-0.25, -0.2) is 13.6 Å². The molecular weight excluding hydrogens is 228 g/mol. The Kier molecular flexibility index (Phi) is 3.20. The first-order valence-corrected chi connectivity index (χ1v) is 6.43. The molecule has 0 aliphatic carbocycles. The van der Waals surface area contributed by atoms with Gasteiger partial charge < -0.3 is 10.1 Å². The molecule has 0 amide bonds. The van der Waals surface area contributed by atoms with Crippen LogP contribution in [-0.4, -0.2) is 21.3 Å². The molecule has 5 nitrogen and oxygen atoms in total. The second-order valence-electron chi connectivity index (χ2n) is 4.71. The molecule has 0 aromatic carbocycles. The number of dihydropyridines is 1. The zero-order valence-corrected chi connectivity index (χ0v) is 10.8. The number of rotatable bonds is 2. The summed E-state index contributed by atoms with van der Waals surface area (Å²) in [7, 11) is -2.35. The Bertz CT molecular complexity index is 431. The second-order valence-corrected chi connectivity index (χ2v) is 6.24. The Morgan fingerprint density at radius 3 is 2.31 bits per heavy atom. The van der Waals surface area contributed by atoms with Crippen LogP contribution >= 0.6 is 0 Å². The predicted octanol–water partition coefficient (Wildman–Crippen LogP) is 0.665. The van der Waals surface area contributed by atoms with E-state index in [0.29, 0.717) is 0 Å². The van der Waals surface area contributed by atoms with Gasteiger partial charge in [0.1, 0.15) is 4.91 Å². The van der Waals surface area contributed by atoms with Gasteiger partial charge in [-0.05, 0) is 18.4 Å². The van der Waals surface area contributed by atoms with Gasteiger partial charge in [0.2, 0.25) is 10.0 Å². The Morgan fingerprint density at radius 1 is 1.44 bits per heavy atom. The van der Waals surface area contributed by atoms with Gasteiger partial charge in [0.25, 0.3) is 0 Å². The highest BCUT2D eigenvalue weighted by atomic mass is 32.2. The van der Waals surface area contributed by atoms with Gasteiger partial charge in [0.05, 0.1) is 0 Å². The number of allylic oxidation sites excluding steroid dienone is 2. The van der Waals surface area contributed by atoms with Crippen molar-refractivity contribution in [3.8, 4) is 0 Å². The number of nitrogens with two attached hydrogens (primary N) is 1. The molecule has 0 bridgehead atoms. The SMILES string of the molecule is COC1(C(C)(C)C)NC=CC=C1S(N)(=O)=O. The molecule has 0 spiro atoms. The summed E-state index contributed by atoms with van der Waals surface area (Å²) in [4.78, 5) is 0.0394. The van der Waals surface area contributed by atoms with Gasteiger partial charge in [0.15, 0.2) is 5.72 Å². The number of hydrogen-bond acceptors (Lipinski definition) is 4. The van der Waals surface area contributed by atoms with Crippen molar-refractivity contribution in [1.29, 1.82) is 0 Å². The summed E-state index contributed by atoms with van der Waals surface area (Å²) in [5.41, 5.74) is -1.60. The number of ether oxygens (including phenoxy) is 1. The second kappa shape index (κ2) is 3.87. The van der Waals surface area contributed by atoms with Gasteiger partial charge in [-0.3, -0.25) is 0 Å². The first-order valence-electron chi connectivity index (χ1n) is 4.88. The molecule has 92 valence electrons. The predicted molar refractivity (Wildman–Crippen MR) is 62.7 cm³/mol. The molecule has 0 aromatic heterocycles. The third-order valence-electron chi connectivity index (χ3n) is 2.65. The maximum atomic E-state index is 11.6. The minimum atomic E-state index is -3.81. The average molecular weight is 246 g/mol. The maximum absolute atomic E-state index is 11.6. The first-order chi connectivity index (χ1) is 7.15. The fourth-order valence-electron chi connectivity index (χ4n) is 1.84. The van der Waals surface area contributed by atoms with Crippen LogP contribution in [0.25, 0.3) is 0 Å². The van der Waals surface area contributed by atoms with Crippen LogP contribution in [0.4, 0.5) is 0 Å². The van der Waals surface area contributed by atoms with E-state index in [1.807, 2.05) is 20.8 Å². The van der Waals surface area contributed by atoms with E-state index in [1.54, 1.807) is 12.3 Å². The lowest BCUT2D eigenvalue weighted by molar-refractivity contribution is -0.0736. The summed E-state index contributed by atoms with van der Waals surface area (Å²) in [6, 6.07) is 0. The summed E-state index contributed by atoms with van der Waals surface area (Å²) in [5.74, 6) is 0. The third-order valence-corrected chi connectivity index (χ3v) is 3.68. The molecule has 1 heterocycles. The zero-order chi connectivity index (χ0) is 12.6. The zero-order valence-electron chi connectivity index (χ0n) is 9.94. The highest BCUT2D eigenvalue weighted by molar-refractivity contribution is 7.93. The number of sulfonamides is 1. The van der Waals surface area contributed by atoms with Gasteiger partial charge >= 0.3 is 0 Å². The molecule has 1 unspecified atom stereocenters. The van der Waals surface area contributed by atoms with Crippen LogP contribution in [0.1, 0.15) is 20.8 Å². The van der Waals surface area contributed by atoms with Crippen LogP contribution in [0, 0.1) is 5.41 Å². The Morgan fingerprint density at radius 2 is 2.00 bits per heavy atom. The van der Waals surface area contributed by atoms with Crippen LogP contribution in [-0.2, 0) is 14.8 Å². The molecule has 0 aromatic rings. The Balaban J connectivity index is 3.42. The molecular formula is C10H18N2O3S. The normalized spacial score (nSPS) is 26.2. The highest BCUT2D eigenvalue weighted by Gasteiger charge is 2.49. The molecule has 16 heavy (non-hydrogen) atoms. The van der Waals surface area contributed by atoms with Crippen molar-refractivity contribution in [1.82, 2.24) is 5.32 Å².